The van der Waals surface area contributed by atoms with Crippen LogP contribution in [0.1, 0.15) is 29.8 Å². The van der Waals surface area contributed by atoms with E-state index in [0.29, 0.717) is 12.2 Å². The Kier molecular flexibility index (Phi) is 6.18. The number of aliphatic hydroxyl groups excluding tert-OH is 1. The molecule has 0 bridgehead atoms. The standard InChI is InChI=1S/C23H26O6S/c1-14-9-11-16(12-10-14)30-22-18(24)20(27-21(25)15-7-5-4-6-8-15)19(28-22)17-13-26-23(2,3)29-17/h4-12,17-20,22,24H,13H2,1-3H3/t17-,18-,19+,20-,22+/m1/s1. The molecule has 2 aliphatic heterocycles. The Labute approximate surface area is 180 Å². The van der Waals surface area contributed by atoms with Crippen LogP contribution < -0.4 is 0 Å². The third kappa shape index (κ3) is 4.71. The molecule has 30 heavy (non-hydrogen) atoms. The van der Waals surface area contributed by atoms with E-state index in [1.165, 1.54) is 11.8 Å². The molecule has 0 amide bonds. The highest BCUT2D eigenvalue weighted by atomic mass is 32.2. The van der Waals surface area contributed by atoms with E-state index in [2.05, 4.69) is 0 Å². The predicted octanol–water partition coefficient (Wildman–Crippen LogP) is 3.55. The van der Waals surface area contributed by atoms with Crippen LogP contribution in [0.5, 0.6) is 0 Å². The molecule has 1 N–H and O–H groups in total. The van der Waals surface area contributed by atoms with Crippen LogP contribution >= 0.6 is 11.8 Å². The van der Waals surface area contributed by atoms with E-state index in [1.54, 1.807) is 24.3 Å². The van der Waals surface area contributed by atoms with Crippen LogP contribution in [0.3, 0.4) is 0 Å². The second kappa shape index (κ2) is 8.69. The zero-order valence-electron chi connectivity index (χ0n) is 17.2. The molecule has 0 spiro atoms. The lowest BCUT2D eigenvalue weighted by Gasteiger charge is -2.25. The lowest BCUT2D eigenvalue weighted by atomic mass is 10.1. The number of carbonyl (C=O) groups excluding carboxylic acids is 1. The molecule has 5 atom stereocenters. The van der Waals surface area contributed by atoms with Gasteiger partial charge >= 0.3 is 5.97 Å². The fourth-order valence-corrected chi connectivity index (χ4v) is 4.63. The molecule has 0 saturated carbocycles. The van der Waals surface area contributed by atoms with Gasteiger partial charge < -0.3 is 24.1 Å². The summed E-state index contributed by atoms with van der Waals surface area (Å²) in [4.78, 5) is 13.6. The zero-order valence-corrected chi connectivity index (χ0v) is 18.0. The second-order valence-corrected chi connectivity index (χ2v) is 9.17. The first-order chi connectivity index (χ1) is 14.3. The first-order valence-electron chi connectivity index (χ1n) is 9.97. The quantitative estimate of drug-likeness (QED) is 0.727. The van der Waals surface area contributed by atoms with Gasteiger partial charge in [0.05, 0.1) is 12.2 Å². The van der Waals surface area contributed by atoms with Crippen molar-refractivity contribution < 1.29 is 28.8 Å². The number of carbonyl (C=O) groups is 1. The van der Waals surface area contributed by atoms with Crippen LogP contribution in [-0.4, -0.2) is 53.3 Å². The number of rotatable bonds is 5. The van der Waals surface area contributed by atoms with Gasteiger partial charge in [0.15, 0.2) is 11.9 Å². The van der Waals surface area contributed by atoms with Crippen molar-refractivity contribution in [3.63, 3.8) is 0 Å². The highest BCUT2D eigenvalue weighted by Crippen LogP contribution is 2.39. The summed E-state index contributed by atoms with van der Waals surface area (Å²) in [6.07, 6.45) is -2.98. The Balaban J connectivity index is 1.53. The van der Waals surface area contributed by atoms with Crippen LogP contribution in [0.15, 0.2) is 59.5 Å². The van der Waals surface area contributed by atoms with Gasteiger partial charge in [-0.15, -0.1) is 0 Å². The highest BCUT2D eigenvalue weighted by Gasteiger charge is 2.53. The molecule has 0 aromatic heterocycles. The Morgan fingerprint density at radius 3 is 2.47 bits per heavy atom. The van der Waals surface area contributed by atoms with Gasteiger partial charge in [0, 0.05) is 4.90 Å². The van der Waals surface area contributed by atoms with Crippen molar-refractivity contribution in [3.8, 4) is 0 Å². The summed E-state index contributed by atoms with van der Waals surface area (Å²) in [6, 6.07) is 16.7. The smallest absolute Gasteiger partial charge is 0.338 e. The SMILES string of the molecule is Cc1ccc(S[C@@H]2O[C@@H]([C@H]3COC(C)(C)O3)[C@H](OC(=O)c3ccccc3)[C@H]2O)cc1. The van der Waals surface area contributed by atoms with Crippen LogP contribution in [0, 0.1) is 6.92 Å². The minimum Gasteiger partial charge on any atom is -0.453 e. The van der Waals surface area contributed by atoms with E-state index in [4.69, 9.17) is 18.9 Å². The predicted molar refractivity (Wildman–Crippen MR) is 112 cm³/mol. The topological polar surface area (TPSA) is 74.2 Å². The van der Waals surface area contributed by atoms with Gasteiger partial charge in [0.25, 0.3) is 0 Å². The minimum absolute atomic E-state index is 0.297. The number of aliphatic hydroxyl groups is 1. The average Bonchev–Trinajstić information content (AvgIpc) is 3.24. The van der Waals surface area contributed by atoms with Crippen molar-refractivity contribution in [1.29, 1.82) is 0 Å². The molecular weight excluding hydrogens is 404 g/mol. The summed E-state index contributed by atoms with van der Waals surface area (Å²) < 4.78 is 23.5. The molecule has 2 aliphatic rings. The number of esters is 1. The van der Waals surface area contributed by atoms with Gasteiger partial charge in [-0.3, -0.25) is 0 Å². The minimum atomic E-state index is -1.01. The van der Waals surface area contributed by atoms with E-state index in [9.17, 15) is 9.90 Å². The summed E-state index contributed by atoms with van der Waals surface area (Å²) in [5.41, 5.74) is 0.971. The van der Waals surface area contributed by atoms with Crippen LogP contribution in [0.25, 0.3) is 0 Å². The van der Waals surface area contributed by atoms with E-state index < -0.39 is 41.6 Å². The molecule has 2 aromatic carbocycles. The molecule has 2 aromatic rings. The molecule has 7 heteroatoms. The number of benzene rings is 2. The van der Waals surface area contributed by atoms with Crippen molar-refractivity contribution in [2.45, 2.75) is 61.3 Å². The second-order valence-electron chi connectivity index (χ2n) is 7.99. The van der Waals surface area contributed by atoms with E-state index in [1.807, 2.05) is 51.1 Å². The van der Waals surface area contributed by atoms with Gasteiger partial charge in [-0.1, -0.05) is 47.7 Å². The Hall–Kier alpha value is -1.90. The first-order valence-corrected chi connectivity index (χ1v) is 10.8. The van der Waals surface area contributed by atoms with E-state index in [0.717, 1.165) is 10.5 Å². The van der Waals surface area contributed by atoms with Crippen molar-refractivity contribution in [2.24, 2.45) is 0 Å². The van der Waals surface area contributed by atoms with Crippen LogP contribution in [-0.2, 0) is 18.9 Å². The van der Waals surface area contributed by atoms with E-state index >= 15 is 0 Å². The van der Waals surface area contributed by atoms with Crippen molar-refractivity contribution in [3.05, 3.63) is 65.7 Å². The molecule has 0 unspecified atom stereocenters. The number of thioether (sulfide) groups is 1. The summed E-state index contributed by atoms with van der Waals surface area (Å²) in [5.74, 6) is -1.26. The average molecular weight is 431 g/mol. The lowest BCUT2D eigenvalue weighted by Crippen LogP contribution is -2.43. The Morgan fingerprint density at radius 2 is 1.83 bits per heavy atom. The molecule has 0 radical (unpaired) electrons. The fourth-order valence-electron chi connectivity index (χ4n) is 3.59. The van der Waals surface area contributed by atoms with Crippen LogP contribution in [0.2, 0.25) is 0 Å². The van der Waals surface area contributed by atoms with Crippen LogP contribution in [0.4, 0.5) is 0 Å². The maximum Gasteiger partial charge on any atom is 0.338 e. The molecule has 0 aliphatic carbocycles. The molecule has 2 saturated heterocycles. The van der Waals surface area contributed by atoms with Gasteiger partial charge in [0.1, 0.15) is 23.7 Å². The third-order valence-electron chi connectivity index (χ3n) is 5.15. The molecule has 4 rings (SSSR count). The lowest BCUT2D eigenvalue weighted by molar-refractivity contribution is -0.159. The number of hydrogen-bond donors (Lipinski definition) is 1. The van der Waals surface area contributed by atoms with Gasteiger partial charge in [-0.2, -0.15) is 0 Å². The summed E-state index contributed by atoms with van der Waals surface area (Å²) in [6.45, 7) is 5.96. The van der Waals surface area contributed by atoms with Crippen molar-refractivity contribution in [1.82, 2.24) is 0 Å². The first kappa shape index (κ1) is 21.3. The fraction of sp³-hybridized carbons (Fsp3) is 0.435. The summed E-state index contributed by atoms with van der Waals surface area (Å²) >= 11 is 1.40. The molecule has 6 nitrogen and oxygen atoms in total. The molecular formula is C23H26O6S. The van der Waals surface area contributed by atoms with Gasteiger partial charge in [0.2, 0.25) is 0 Å². The molecule has 2 heterocycles. The normalized spacial score (nSPS) is 30.3. The summed E-state index contributed by atoms with van der Waals surface area (Å²) in [5, 5.41) is 11.0. The maximum absolute atomic E-state index is 12.7. The zero-order chi connectivity index (χ0) is 21.3. The molecule has 160 valence electrons. The number of ether oxygens (including phenoxy) is 4. The number of hydrogen-bond acceptors (Lipinski definition) is 7. The maximum atomic E-state index is 12.7. The van der Waals surface area contributed by atoms with Gasteiger partial charge in [-0.05, 0) is 45.0 Å². The summed E-state index contributed by atoms with van der Waals surface area (Å²) in [7, 11) is 0. The van der Waals surface area contributed by atoms with Gasteiger partial charge in [-0.25, -0.2) is 4.79 Å². The Morgan fingerprint density at radius 1 is 1.13 bits per heavy atom. The van der Waals surface area contributed by atoms with Crippen molar-refractivity contribution >= 4 is 17.7 Å². The Bertz CT molecular complexity index is 869. The monoisotopic (exact) mass is 430 g/mol. The third-order valence-corrected chi connectivity index (χ3v) is 6.32. The highest BCUT2D eigenvalue weighted by molar-refractivity contribution is 7.99. The number of aryl methyl sites for hydroxylation is 1. The molecule has 2 fully saturated rings. The van der Waals surface area contributed by atoms with Crippen molar-refractivity contribution in [2.75, 3.05) is 6.61 Å². The largest absolute Gasteiger partial charge is 0.453 e. The van der Waals surface area contributed by atoms with E-state index in [-0.39, 0.29) is 0 Å².